The van der Waals surface area contributed by atoms with Gasteiger partial charge in [0.25, 0.3) is 0 Å². The van der Waals surface area contributed by atoms with E-state index in [2.05, 4.69) is 43.7 Å². The van der Waals surface area contributed by atoms with Crippen molar-refractivity contribution in [3.63, 3.8) is 0 Å². The van der Waals surface area contributed by atoms with Crippen LogP contribution in [0.3, 0.4) is 0 Å². The Morgan fingerprint density at radius 3 is 2.71 bits per heavy atom. The van der Waals surface area contributed by atoms with Crippen LogP contribution in [0.25, 0.3) is 0 Å². The summed E-state index contributed by atoms with van der Waals surface area (Å²) >= 11 is 3.55. The fourth-order valence-corrected chi connectivity index (χ4v) is 2.68. The number of aromatic nitrogens is 1. The molecule has 1 atom stereocenters. The Bertz CT molecular complexity index is 363. The van der Waals surface area contributed by atoms with Crippen molar-refractivity contribution < 1.29 is 0 Å². The number of nitrogens with two attached hydrogens (primary N) is 1. The van der Waals surface area contributed by atoms with E-state index in [0.717, 1.165) is 37.2 Å². The van der Waals surface area contributed by atoms with Gasteiger partial charge in [-0.15, -0.1) is 0 Å². The van der Waals surface area contributed by atoms with Gasteiger partial charge in [0.05, 0.1) is 10.2 Å². The first-order valence-electron chi connectivity index (χ1n) is 6.01. The molecule has 2 rings (SSSR count). The molecule has 1 unspecified atom stereocenters. The first-order valence-corrected chi connectivity index (χ1v) is 6.80. The molecule has 1 saturated heterocycles. The minimum Gasteiger partial charge on any atom is -0.368 e. The normalized spacial score (nSPS) is 19.4. The molecule has 0 radical (unpaired) electrons. The van der Waals surface area contributed by atoms with E-state index in [1.165, 1.54) is 5.69 Å². The third kappa shape index (κ3) is 2.97. The van der Waals surface area contributed by atoms with Crippen molar-refractivity contribution in [3.8, 4) is 0 Å². The first-order chi connectivity index (χ1) is 8.22. The summed E-state index contributed by atoms with van der Waals surface area (Å²) in [6.07, 6.45) is 3.69. The van der Waals surface area contributed by atoms with Gasteiger partial charge in [0.15, 0.2) is 0 Å². The second-order valence-electron chi connectivity index (χ2n) is 4.43. The molecule has 17 heavy (non-hydrogen) atoms. The van der Waals surface area contributed by atoms with Crippen LogP contribution in [0.1, 0.15) is 6.92 Å². The SMILES string of the molecule is CC(CN)N1CCN(c2ccncc2Br)CC1. The fraction of sp³-hybridized carbons (Fsp3) is 0.583. The Balaban J connectivity index is 1.98. The van der Waals surface area contributed by atoms with E-state index < -0.39 is 0 Å². The maximum absolute atomic E-state index is 5.70. The van der Waals surface area contributed by atoms with Gasteiger partial charge in [0, 0.05) is 51.2 Å². The zero-order valence-electron chi connectivity index (χ0n) is 10.1. The molecule has 1 aliphatic heterocycles. The van der Waals surface area contributed by atoms with Crippen molar-refractivity contribution in [1.29, 1.82) is 0 Å². The summed E-state index contributed by atoms with van der Waals surface area (Å²) in [7, 11) is 0. The standard InChI is InChI=1S/C12H19BrN4/c1-10(8-14)16-4-6-17(7-5-16)12-2-3-15-9-11(12)13/h2-3,9-10H,4-8,14H2,1H3. The first kappa shape index (κ1) is 12.8. The molecule has 2 heterocycles. The summed E-state index contributed by atoms with van der Waals surface area (Å²) in [6.45, 7) is 7.18. The van der Waals surface area contributed by atoms with Gasteiger partial charge in [-0.2, -0.15) is 0 Å². The van der Waals surface area contributed by atoms with E-state index in [-0.39, 0.29) is 0 Å². The van der Waals surface area contributed by atoms with E-state index in [9.17, 15) is 0 Å². The van der Waals surface area contributed by atoms with Gasteiger partial charge < -0.3 is 10.6 Å². The number of piperazine rings is 1. The van der Waals surface area contributed by atoms with Crippen molar-refractivity contribution in [2.75, 3.05) is 37.6 Å². The molecule has 4 nitrogen and oxygen atoms in total. The van der Waals surface area contributed by atoms with Gasteiger partial charge >= 0.3 is 0 Å². The Morgan fingerprint density at radius 2 is 2.12 bits per heavy atom. The maximum Gasteiger partial charge on any atom is 0.0592 e. The van der Waals surface area contributed by atoms with Crippen LogP contribution in [-0.2, 0) is 0 Å². The molecule has 1 fully saturated rings. The third-order valence-corrected chi connectivity index (χ3v) is 3.98. The summed E-state index contributed by atoms with van der Waals surface area (Å²) in [6, 6.07) is 2.55. The minimum absolute atomic E-state index is 0.484. The second kappa shape index (κ2) is 5.80. The Labute approximate surface area is 111 Å². The van der Waals surface area contributed by atoms with Gasteiger partial charge in [-0.3, -0.25) is 9.88 Å². The average Bonchev–Trinajstić information content (AvgIpc) is 2.39. The quantitative estimate of drug-likeness (QED) is 0.914. The molecule has 1 aliphatic rings. The predicted molar refractivity (Wildman–Crippen MR) is 74.2 cm³/mol. The van der Waals surface area contributed by atoms with Crippen molar-refractivity contribution in [2.45, 2.75) is 13.0 Å². The zero-order chi connectivity index (χ0) is 12.3. The van der Waals surface area contributed by atoms with Gasteiger partial charge in [-0.25, -0.2) is 0 Å². The van der Waals surface area contributed by atoms with Gasteiger partial charge in [-0.1, -0.05) is 0 Å². The molecule has 0 bridgehead atoms. The number of hydrogen-bond acceptors (Lipinski definition) is 4. The van der Waals surface area contributed by atoms with Crippen molar-refractivity contribution in [3.05, 3.63) is 22.9 Å². The molecular formula is C12H19BrN4. The fourth-order valence-electron chi connectivity index (χ4n) is 2.18. The number of nitrogens with zero attached hydrogens (tertiary/aromatic N) is 3. The number of pyridine rings is 1. The third-order valence-electron chi connectivity index (χ3n) is 3.37. The van der Waals surface area contributed by atoms with Crippen LogP contribution in [0, 0.1) is 0 Å². The van der Waals surface area contributed by atoms with E-state index >= 15 is 0 Å². The molecule has 0 aliphatic carbocycles. The van der Waals surface area contributed by atoms with E-state index in [1.54, 1.807) is 0 Å². The Morgan fingerprint density at radius 1 is 1.41 bits per heavy atom. The largest absolute Gasteiger partial charge is 0.368 e. The number of rotatable bonds is 3. The van der Waals surface area contributed by atoms with Crippen LogP contribution in [-0.4, -0.2) is 48.6 Å². The highest BCUT2D eigenvalue weighted by atomic mass is 79.9. The summed E-state index contributed by atoms with van der Waals surface area (Å²) in [5, 5.41) is 0. The summed E-state index contributed by atoms with van der Waals surface area (Å²) in [5.41, 5.74) is 6.94. The highest BCUT2D eigenvalue weighted by Crippen LogP contribution is 2.25. The summed E-state index contributed by atoms with van der Waals surface area (Å²) in [5.74, 6) is 0. The predicted octanol–water partition coefficient (Wildman–Crippen LogP) is 1.31. The molecule has 2 N–H and O–H groups in total. The highest BCUT2D eigenvalue weighted by molar-refractivity contribution is 9.10. The maximum atomic E-state index is 5.70. The van der Waals surface area contributed by atoms with E-state index in [1.807, 2.05) is 12.4 Å². The van der Waals surface area contributed by atoms with Crippen LogP contribution >= 0.6 is 15.9 Å². The molecule has 5 heteroatoms. The molecular weight excluding hydrogens is 280 g/mol. The lowest BCUT2D eigenvalue weighted by molar-refractivity contribution is 0.201. The molecule has 1 aromatic heterocycles. The smallest absolute Gasteiger partial charge is 0.0592 e. The van der Waals surface area contributed by atoms with Crippen LogP contribution in [0.15, 0.2) is 22.9 Å². The molecule has 0 aromatic carbocycles. The average molecular weight is 299 g/mol. The zero-order valence-corrected chi connectivity index (χ0v) is 11.7. The van der Waals surface area contributed by atoms with Crippen molar-refractivity contribution >= 4 is 21.6 Å². The minimum atomic E-state index is 0.484. The molecule has 1 aromatic rings. The lowest BCUT2D eigenvalue weighted by atomic mass is 10.2. The van der Waals surface area contributed by atoms with Crippen molar-refractivity contribution in [1.82, 2.24) is 9.88 Å². The number of anilines is 1. The van der Waals surface area contributed by atoms with Crippen LogP contribution in [0.2, 0.25) is 0 Å². The van der Waals surface area contributed by atoms with Gasteiger partial charge in [-0.05, 0) is 28.9 Å². The lowest BCUT2D eigenvalue weighted by Gasteiger charge is -2.39. The Kier molecular flexibility index (Phi) is 4.36. The Hall–Kier alpha value is -0.650. The summed E-state index contributed by atoms with van der Waals surface area (Å²) in [4.78, 5) is 8.94. The van der Waals surface area contributed by atoms with Gasteiger partial charge in [0.2, 0.25) is 0 Å². The van der Waals surface area contributed by atoms with Gasteiger partial charge in [0.1, 0.15) is 0 Å². The molecule has 94 valence electrons. The van der Waals surface area contributed by atoms with Crippen LogP contribution < -0.4 is 10.6 Å². The van der Waals surface area contributed by atoms with Crippen LogP contribution in [0.4, 0.5) is 5.69 Å². The molecule has 0 amide bonds. The number of halogens is 1. The topological polar surface area (TPSA) is 45.4 Å². The monoisotopic (exact) mass is 298 g/mol. The summed E-state index contributed by atoms with van der Waals surface area (Å²) < 4.78 is 1.07. The number of hydrogen-bond donors (Lipinski definition) is 1. The lowest BCUT2D eigenvalue weighted by Crippen LogP contribution is -2.51. The van der Waals surface area contributed by atoms with E-state index in [4.69, 9.17) is 5.73 Å². The molecule has 0 saturated carbocycles. The second-order valence-corrected chi connectivity index (χ2v) is 5.29. The highest BCUT2D eigenvalue weighted by Gasteiger charge is 2.21. The molecule has 0 spiro atoms. The van der Waals surface area contributed by atoms with E-state index in [0.29, 0.717) is 6.04 Å². The van der Waals surface area contributed by atoms with Crippen molar-refractivity contribution in [2.24, 2.45) is 5.73 Å². The van der Waals surface area contributed by atoms with Crippen LogP contribution in [0.5, 0.6) is 0 Å².